The summed E-state index contributed by atoms with van der Waals surface area (Å²) in [5.74, 6) is 0.324. The van der Waals surface area contributed by atoms with Gasteiger partial charge in [-0.1, -0.05) is 23.4 Å². The molecule has 2 aliphatic heterocycles. The standard InChI is InChI=1S/C21H25BrClFN4O3S/c1-21(2,3)31-20(29)28-10-6-7-11(28)9-27(8-10)18-12-16(25-19(26-18)32-5)15(24)13(22)14(23)17(12)30-4/h10-11H,6-9H2,1-5H3/t10-,11+. The van der Waals surface area contributed by atoms with Crippen LogP contribution in [0.4, 0.5) is 15.0 Å². The molecule has 2 saturated heterocycles. The molecular formula is C21H25BrClFN4O3S. The molecule has 7 nitrogen and oxygen atoms in total. The van der Waals surface area contributed by atoms with Crippen LogP contribution in [0.15, 0.2) is 9.63 Å². The monoisotopic (exact) mass is 546 g/mol. The number of ether oxygens (including phenoxy) is 2. The van der Waals surface area contributed by atoms with Crippen LogP contribution in [0.1, 0.15) is 33.6 Å². The predicted octanol–water partition coefficient (Wildman–Crippen LogP) is 5.50. The normalized spacial score (nSPS) is 20.8. The average molecular weight is 548 g/mol. The van der Waals surface area contributed by atoms with E-state index < -0.39 is 11.4 Å². The Balaban J connectivity index is 1.78. The Hall–Kier alpha value is -1.52. The van der Waals surface area contributed by atoms with Crippen molar-refractivity contribution in [2.75, 3.05) is 31.4 Å². The zero-order valence-electron chi connectivity index (χ0n) is 18.5. The molecule has 0 radical (unpaired) electrons. The second-order valence-corrected chi connectivity index (χ2v) is 10.9. The molecule has 0 N–H and O–H groups in total. The molecule has 11 heteroatoms. The number of halogens is 3. The molecule has 1 amide bonds. The maximum absolute atomic E-state index is 15.2. The van der Waals surface area contributed by atoms with E-state index in [2.05, 4.69) is 25.8 Å². The molecule has 2 atom stereocenters. The summed E-state index contributed by atoms with van der Waals surface area (Å²) in [6.07, 6.45) is 3.29. The molecule has 1 aromatic carbocycles. The Morgan fingerprint density at radius 3 is 2.41 bits per heavy atom. The third-order valence-corrected chi connectivity index (χ3v) is 7.54. The first-order chi connectivity index (χ1) is 15.1. The minimum atomic E-state index is -0.557. The average Bonchev–Trinajstić information content (AvgIpc) is 3.00. The van der Waals surface area contributed by atoms with Crippen LogP contribution in [-0.4, -0.2) is 65.1 Å². The van der Waals surface area contributed by atoms with Gasteiger partial charge in [-0.3, -0.25) is 4.90 Å². The van der Waals surface area contributed by atoms with Crippen LogP contribution in [0.5, 0.6) is 5.75 Å². The number of carbonyl (C=O) groups excluding carboxylic acids is 1. The van der Waals surface area contributed by atoms with E-state index in [1.807, 2.05) is 31.9 Å². The zero-order valence-corrected chi connectivity index (χ0v) is 21.7. The van der Waals surface area contributed by atoms with Gasteiger partial charge in [0.1, 0.15) is 22.0 Å². The summed E-state index contributed by atoms with van der Waals surface area (Å²) in [5, 5.41) is 1.01. The van der Waals surface area contributed by atoms with Crippen molar-refractivity contribution in [2.45, 2.75) is 56.5 Å². The summed E-state index contributed by atoms with van der Waals surface area (Å²) >= 11 is 10.9. The summed E-state index contributed by atoms with van der Waals surface area (Å²) in [6.45, 7) is 6.69. The van der Waals surface area contributed by atoms with Crippen molar-refractivity contribution in [1.29, 1.82) is 0 Å². The summed E-state index contributed by atoms with van der Waals surface area (Å²) in [7, 11) is 1.49. The number of anilines is 1. The van der Waals surface area contributed by atoms with Gasteiger partial charge in [-0.25, -0.2) is 19.2 Å². The van der Waals surface area contributed by atoms with E-state index in [9.17, 15) is 4.79 Å². The van der Waals surface area contributed by atoms with Crippen LogP contribution in [0.3, 0.4) is 0 Å². The molecule has 0 aliphatic carbocycles. The number of rotatable bonds is 3. The second kappa shape index (κ2) is 8.68. The number of benzene rings is 1. The highest BCUT2D eigenvalue weighted by atomic mass is 79.9. The van der Waals surface area contributed by atoms with E-state index in [4.69, 9.17) is 26.1 Å². The lowest BCUT2D eigenvalue weighted by molar-refractivity contribution is 0.0123. The number of fused-ring (bicyclic) bond motifs is 3. The highest BCUT2D eigenvalue weighted by molar-refractivity contribution is 9.10. The second-order valence-electron chi connectivity index (χ2n) is 8.91. The van der Waals surface area contributed by atoms with E-state index >= 15 is 4.39 Å². The van der Waals surface area contributed by atoms with Gasteiger partial charge < -0.3 is 14.4 Å². The molecule has 0 saturated carbocycles. The van der Waals surface area contributed by atoms with Crippen molar-refractivity contribution in [3.8, 4) is 5.75 Å². The van der Waals surface area contributed by atoms with Crippen molar-refractivity contribution >= 4 is 62.1 Å². The van der Waals surface area contributed by atoms with Gasteiger partial charge in [0.05, 0.1) is 29.1 Å². The van der Waals surface area contributed by atoms with Crippen LogP contribution in [0.25, 0.3) is 10.9 Å². The number of piperazine rings is 1. The summed E-state index contributed by atoms with van der Waals surface area (Å²) in [6, 6.07) is -0.0405. The summed E-state index contributed by atoms with van der Waals surface area (Å²) < 4.78 is 26.5. The quantitative estimate of drug-likeness (QED) is 0.285. The fourth-order valence-corrected chi connectivity index (χ4v) is 5.39. The minimum Gasteiger partial charge on any atom is -0.494 e. The van der Waals surface area contributed by atoms with Gasteiger partial charge in [0.15, 0.2) is 16.7 Å². The molecule has 0 spiro atoms. The van der Waals surface area contributed by atoms with E-state index in [1.165, 1.54) is 18.9 Å². The highest BCUT2D eigenvalue weighted by Gasteiger charge is 2.45. The van der Waals surface area contributed by atoms with Crippen LogP contribution < -0.4 is 9.64 Å². The van der Waals surface area contributed by atoms with Crippen LogP contribution in [-0.2, 0) is 4.74 Å². The van der Waals surface area contributed by atoms with E-state index in [0.717, 1.165) is 12.8 Å². The van der Waals surface area contributed by atoms with Crippen molar-refractivity contribution in [3.63, 3.8) is 0 Å². The smallest absolute Gasteiger partial charge is 0.410 e. The highest BCUT2D eigenvalue weighted by Crippen LogP contribution is 2.46. The molecule has 174 valence electrons. The Labute approximate surface area is 204 Å². The van der Waals surface area contributed by atoms with Crippen LogP contribution in [0.2, 0.25) is 5.02 Å². The first-order valence-corrected chi connectivity index (χ1v) is 12.7. The molecule has 4 rings (SSSR count). The van der Waals surface area contributed by atoms with Gasteiger partial charge in [-0.15, -0.1) is 0 Å². The van der Waals surface area contributed by atoms with Gasteiger partial charge in [0.25, 0.3) is 0 Å². The Kier molecular flexibility index (Phi) is 6.41. The SMILES string of the molecule is COc1c(Cl)c(Br)c(F)c2nc(SC)nc(N3C[C@H]4CC[C@@H](C3)N4C(=O)OC(C)(C)C)c12. The van der Waals surface area contributed by atoms with Crippen molar-refractivity contribution in [1.82, 2.24) is 14.9 Å². The zero-order chi connectivity index (χ0) is 23.4. The number of amides is 1. The molecule has 2 fully saturated rings. The fourth-order valence-electron chi connectivity index (χ4n) is 4.41. The predicted molar refractivity (Wildman–Crippen MR) is 128 cm³/mol. The van der Waals surface area contributed by atoms with Gasteiger partial charge in [-0.2, -0.15) is 0 Å². The van der Waals surface area contributed by atoms with Crippen LogP contribution in [0, 0.1) is 5.82 Å². The minimum absolute atomic E-state index is 0.0203. The lowest BCUT2D eigenvalue weighted by atomic mass is 10.1. The summed E-state index contributed by atoms with van der Waals surface area (Å²) in [4.78, 5) is 25.9. The first-order valence-electron chi connectivity index (χ1n) is 10.3. The molecule has 2 aliphatic rings. The Morgan fingerprint density at radius 1 is 1.25 bits per heavy atom. The Bertz CT molecular complexity index is 1070. The first kappa shape index (κ1) is 23.6. The topological polar surface area (TPSA) is 67.8 Å². The number of methoxy groups -OCH3 is 1. The van der Waals surface area contributed by atoms with E-state index in [-0.39, 0.29) is 33.2 Å². The molecule has 0 unspecified atom stereocenters. The van der Waals surface area contributed by atoms with Gasteiger partial charge >= 0.3 is 6.09 Å². The van der Waals surface area contributed by atoms with Crippen molar-refractivity contribution < 1.29 is 18.7 Å². The number of carbonyl (C=O) groups is 1. The lowest BCUT2D eigenvalue weighted by Gasteiger charge is -2.42. The molecule has 2 bridgehead atoms. The van der Waals surface area contributed by atoms with E-state index in [1.54, 1.807) is 0 Å². The van der Waals surface area contributed by atoms with Crippen molar-refractivity contribution in [2.24, 2.45) is 0 Å². The number of hydrogen-bond donors (Lipinski definition) is 0. The third kappa shape index (κ3) is 4.09. The number of thioether (sulfide) groups is 1. The summed E-state index contributed by atoms with van der Waals surface area (Å²) in [5.41, 5.74) is -0.409. The van der Waals surface area contributed by atoms with Crippen LogP contribution >= 0.6 is 39.3 Å². The number of aromatic nitrogens is 2. The maximum atomic E-state index is 15.2. The Morgan fingerprint density at radius 2 is 1.88 bits per heavy atom. The van der Waals surface area contributed by atoms with Crippen molar-refractivity contribution in [3.05, 3.63) is 15.3 Å². The third-order valence-electron chi connectivity index (χ3n) is 5.66. The molecule has 3 heterocycles. The molecule has 2 aromatic rings. The maximum Gasteiger partial charge on any atom is 0.410 e. The van der Waals surface area contributed by atoms with Gasteiger partial charge in [-0.05, 0) is 55.8 Å². The molecular weight excluding hydrogens is 523 g/mol. The van der Waals surface area contributed by atoms with E-state index in [0.29, 0.717) is 35.2 Å². The lowest BCUT2D eigenvalue weighted by Crippen LogP contribution is -2.57. The largest absolute Gasteiger partial charge is 0.494 e. The molecule has 32 heavy (non-hydrogen) atoms. The number of nitrogens with zero attached hydrogens (tertiary/aromatic N) is 4. The van der Waals surface area contributed by atoms with Gasteiger partial charge in [0.2, 0.25) is 0 Å². The molecule has 1 aromatic heterocycles. The fraction of sp³-hybridized carbons (Fsp3) is 0.571. The van der Waals surface area contributed by atoms with Gasteiger partial charge in [0, 0.05) is 13.1 Å². The number of hydrogen-bond acceptors (Lipinski definition) is 7.